The summed E-state index contributed by atoms with van der Waals surface area (Å²) in [7, 11) is -3.24. The van der Waals surface area contributed by atoms with E-state index in [1.54, 1.807) is 30.5 Å². The molecule has 1 aromatic heterocycles. The summed E-state index contributed by atoms with van der Waals surface area (Å²) in [5.41, 5.74) is 1.02. The molecular formula is C19H26N4O2S. The average molecular weight is 375 g/mol. The van der Waals surface area contributed by atoms with E-state index in [1.165, 1.54) is 0 Å². The van der Waals surface area contributed by atoms with Gasteiger partial charge in [0, 0.05) is 37.9 Å². The molecule has 0 fully saturated rings. The number of hydrogen-bond acceptors (Lipinski definition) is 4. The van der Waals surface area contributed by atoms with Gasteiger partial charge in [-0.25, -0.2) is 8.42 Å². The first-order valence-corrected chi connectivity index (χ1v) is 10.5. The van der Waals surface area contributed by atoms with Crippen LogP contribution in [-0.2, 0) is 16.3 Å². The monoisotopic (exact) mass is 374 g/mol. The summed E-state index contributed by atoms with van der Waals surface area (Å²) < 4.78 is 24.5. The maximum Gasteiger partial charge on any atom is 0.191 e. The molecule has 0 bridgehead atoms. The largest absolute Gasteiger partial charge is 0.357 e. The van der Waals surface area contributed by atoms with E-state index in [9.17, 15) is 8.42 Å². The molecule has 2 rings (SSSR count). The fourth-order valence-corrected chi connectivity index (χ4v) is 3.70. The van der Waals surface area contributed by atoms with Gasteiger partial charge in [-0.15, -0.1) is 0 Å². The zero-order valence-electron chi connectivity index (χ0n) is 15.1. The van der Waals surface area contributed by atoms with Crippen molar-refractivity contribution >= 4 is 15.8 Å². The van der Waals surface area contributed by atoms with Crippen LogP contribution in [0.1, 0.15) is 19.0 Å². The van der Waals surface area contributed by atoms with E-state index in [0.29, 0.717) is 30.4 Å². The number of nitrogens with zero attached hydrogens (tertiary/aromatic N) is 2. The summed E-state index contributed by atoms with van der Waals surface area (Å²) in [5.74, 6) is 0.786. The molecule has 1 aromatic carbocycles. The summed E-state index contributed by atoms with van der Waals surface area (Å²) in [6, 6.07) is 14.4. The van der Waals surface area contributed by atoms with Crippen LogP contribution in [0.4, 0.5) is 0 Å². The highest BCUT2D eigenvalue weighted by atomic mass is 32.2. The third kappa shape index (κ3) is 6.84. The second kappa shape index (κ2) is 10.6. The van der Waals surface area contributed by atoms with Crippen LogP contribution in [0.25, 0.3) is 0 Å². The topological polar surface area (TPSA) is 83.5 Å². The van der Waals surface area contributed by atoms with Crippen LogP contribution in [-0.4, -0.2) is 44.7 Å². The van der Waals surface area contributed by atoms with Gasteiger partial charge in [0.2, 0.25) is 0 Å². The van der Waals surface area contributed by atoms with Crippen LogP contribution < -0.4 is 10.6 Å². The van der Waals surface area contributed by atoms with Crippen LogP contribution in [0.5, 0.6) is 0 Å². The summed E-state index contributed by atoms with van der Waals surface area (Å²) in [6.45, 7) is 3.91. The van der Waals surface area contributed by atoms with E-state index in [4.69, 9.17) is 0 Å². The molecule has 0 amide bonds. The lowest BCUT2D eigenvalue weighted by atomic mass is 10.3. The lowest BCUT2D eigenvalue weighted by molar-refractivity contribution is 0.593. The summed E-state index contributed by atoms with van der Waals surface area (Å²) >= 11 is 0. The molecule has 0 radical (unpaired) electrons. The highest BCUT2D eigenvalue weighted by molar-refractivity contribution is 7.91. The molecule has 0 aliphatic heterocycles. The molecule has 0 atom stereocenters. The Labute approximate surface area is 155 Å². The van der Waals surface area contributed by atoms with Gasteiger partial charge in [-0.2, -0.15) is 0 Å². The van der Waals surface area contributed by atoms with Crippen molar-refractivity contribution in [3.63, 3.8) is 0 Å². The van der Waals surface area contributed by atoms with Crippen LogP contribution in [0, 0.1) is 0 Å². The average Bonchev–Trinajstić information content (AvgIpc) is 2.67. The molecule has 1 heterocycles. The van der Waals surface area contributed by atoms with Crippen LogP contribution in [0.3, 0.4) is 0 Å². The molecule has 0 saturated carbocycles. The van der Waals surface area contributed by atoms with E-state index < -0.39 is 9.84 Å². The van der Waals surface area contributed by atoms with E-state index in [2.05, 4.69) is 20.6 Å². The van der Waals surface area contributed by atoms with Crippen molar-refractivity contribution in [1.29, 1.82) is 0 Å². The number of pyridine rings is 1. The molecule has 6 nitrogen and oxygen atoms in total. The highest BCUT2D eigenvalue weighted by Crippen LogP contribution is 2.10. The number of aromatic nitrogens is 1. The first kappa shape index (κ1) is 19.9. The minimum Gasteiger partial charge on any atom is -0.357 e. The fourth-order valence-electron chi connectivity index (χ4n) is 2.39. The van der Waals surface area contributed by atoms with Crippen molar-refractivity contribution in [3.8, 4) is 0 Å². The first-order chi connectivity index (χ1) is 12.6. The third-order valence-electron chi connectivity index (χ3n) is 3.69. The molecule has 0 unspecified atom stereocenters. The Bertz CT molecular complexity index is 778. The van der Waals surface area contributed by atoms with Crippen molar-refractivity contribution in [3.05, 3.63) is 60.4 Å². The Morgan fingerprint density at radius 3 is 2.54 bits per heavy atom. The summed E-state index contributed by atoms with van der Waals surface area (Å²) in [5, 5.41) is 6.42. The van der Waals surface area contributed by atoms with E-state index >= 15 is 0 Å². The van der Waals surface area contributed by atoms with Gasteiger partial charge < -0.3 is 10.6 Å². The van der Waals surface area contributed by atoms with Gasteiger partial charge in [0.15, 0.2) is 15.8 Å². The Morgan fingerprint density at radius 2 is 1.85 bits per heavy atom. The predicted octanol–water partition coefficient (Wildman–Crippen LogP) is 2.04. The number of sulfone groups is 1. The van der Waals surface area contributed by atoms with Crippen molar-refractivity contribution in [2.45, 2.75) is 24.7 Å². The molecule has 0 aliphatic carbocycles. The van der Waals surface area contributed by atoms with Gasteiger partial charge in [0.1, 0.15) is 0 Å². The zero-order valence-corrected chi connectivity index (χ0v) is 15.9. The molecule has 140 valence electrons. The lowest BCUT2D eigenvalue weighted by Crippen LogP contribution is -2.38. The van der Waals surface area contributed by atoms with Gasteiger partial charge in [0.25, 0.3) is 0 Å². The van der Waals surface area contributed by atoms with E-state index in [0.717, 1.165) is 18.7 Å². The maximum absolute atomic E-state index is 12.2. The molecule has 7 heteroatoms. The van der Waals surface area contributed by atoms with Gasteiger partial charge in [0.05, 0.1) is 10.6 Å². The number of rotatable bonds is 9. The Balaban J connectivity index is 1.79. The van der Waals surface area contributed by atoms with Crippen LogP contribution in [0.2, 0.25) is 0 Å². The molecule has 0 spiro atoms. The Kier molecular flexibility index (Phi) is 8.08. The van der Waals surface area contributed by atoms with Crippen molar-refractivity contribution < 1.29 is 8.42 Å². The standard InChI is InChI=1S/C19H26N4O2S/c1-2-20-19(23-15-12-17-9-6-7-13-21-17)22-14-8-16-26(24,25)18-10-4-3-5-11-18/h3-7,9-11,13H,2,8,12,14-16H2,1H3,(H2,20,22,23). The number of hydrogen-bond donors (Lipinski definition) is 2. The highest BCUT2D eigenvalue weighted by Gasteiger charge is 2.12. The van der Waals surface area contributed by atoms with Gasteiger partial charge in [-0.1, -0.05) is 24.3 Å². The SMILES string of the molecule is CCNC(=NCCCS(=O)(=O)c1ccccc1)NCCc1ccccn1. The van der Waals surface area contributed by atoms with Crippen molar-refractivity contribution in [2.24, 2.45) is 4.99 Å². The van der Waals surface area contributed by atoms with Crippen molar-refractivity contribution in [2.75, 3.05) is 25.4 Å². The maximum atomic E-state index is 12.2. The Hall–Kier alpha value is -2.41. The minimum atomic E-state index is -3.24. The van der Waals surface area contributed by atoms with Crippen LogP contribution in [0.15, 0.2) is 64.6 Å². The molecule has 0 aliphatic rings. The predicted molar refractivity (Wildman–Crippen MR) is 105 cm³/mol. The number of nitrogens with one attached hydrogen (secondary N) is 2. The van der Waals surface area contributed by atoms with Crippen LogP contribution >= 0.6 is 0 Å². The Morgan fingerprint density at radius 1 is 1.08 bits per heavy atom. The van der Waals surface area contributed by atoms with E-state index in [1.807, 2.05) is 31.2 Å². The second-order valence-electron chi connectivity index (χ2n) is 5.74. The fraction of sp³-hybridized carbons (Fsp3) is 0.368. The molecule has 26 heavy (non-hydrogen) atoms. The number of benzene rings is 1. The summed E-state index contributed by atoms with van der Waals surface area (Å²) in [6.07, 6.45) is 3.06. The quantitative estimate of drug-likeness (QED) is 0.399. The van der Waals surface area contributed by atoms with Gasteiger partial charge >= 0.3 is 0 Å². The second-order valence-corrected chi connectivity index (χ2v) is 7.85. The smallest absolute Gasteiger partial charge is 0.191 e. The molecule has 0 saturated heterocycles. The van der Waals surface area contributed by atoms with E-state index in [-0.39, 0.29) is 5.75 Å². The zero-order chi connectivity index (χ0) is 18.7. The van der Waals surface area contributed by atoms with Gasteiger partial charge in [-0.05, 0) is 37.6 Å². The van der Waals surface area contributed by atoms with Gasteiger partial charge in [-0.3, -0.25) is 9.98 Å². The normalized spacial score (nSPS) is 12.0. The molecular weight excluding hydrogens is 348 g/mol. The number of aliphatic imine (C=N–C) groups is 1. The minimum absolute atomic E-state index is 0.0911. The first-order valence-electron chi connectivity index (χ1n) is 8.81. The lowest BCUT2D eigenvalue weighted by Gasteiger charge is -2.11. The molecule has 2 aromatic rings. The van der Waals surface area contributed by atoms with Crippen molar-refractivity contribution in [1.82, 2.24) is 15.6 Å². The number of guanidine groups is 1. The third-order valence-corrected chi connectivity index (χ3v) is 5.50. The molecule has 2 N–H and O–H groups in total. The summed E-state index contributed by atoms with van der Waals surface area (Å²) in [4.78, 5) is 9.10.